The van der Waals surface area contributed by atoms with E-state index in [-0.39, 0.29) is 0 Å². The number of nitrogens with zero attached hydrogens (tertiary/aromatic N) is 4. The number of aromatic nitrogens is 5. The number of nitrogen functional groups attached to an aromatic ring is 1. The Balaban J connectivity index is 2.15. The predicted molar refractivity (Wildman–Crippen MR) is 72.0 cm³/mol. The van der Waals surface area contributed by atoms with Crippen molar-refractivity contribution in [3.63, 3.8) is 0 Å². The third-order valence-electron chi connectivity index (χ3n) is 2.86. The normalized spacial score (nSPS) is 10.6. The summed E-state index contributed by atoms with van der Waals surface area (Å²) in [5.41, 5.74) is 9.26. The molecule has 0 atom stereocenters. The Labute approximate surface area is 109 Å². The number of anilines is 1. The number of aryl methyl sites for hydroxylation is 1. The Morgan fingerprint density at radius 1 is 1.21 bits per heavy atom. The van der Waals surface area contributed by atoms with E-state index in [4.69, 9.17) is 5.73 Å². The molecule has 6 heteroatoms. The smallest absolute Gasteiger partial charge is 0.183 e. The van der Waals surface area contributed by atoms with Crippen molar-refractivity contribution >= 4 is 5.82 Å². The zero-order valence-electron chi connectivity index (χ0n) is 10.3. The molecular formula is C13H12N6. The molecule has 2 heterocycles. The van der Waals surface area contributed by atoms with E-state index >= 15 is 0 Å². The fraction of sp³-hybridized carbons (Fsp3) is 0.0769. The maximum atomic E-state index is 5.84. The summed E-state index contributed by atoms with van der Waals surface area (Å²) in [4.78, 5) is 11.6. The van der Waals surface area contributed by atoms with Gasteiger partial charge in [0.25, 0.3) is 0 Å². The largest absolute Gasteiger partial charge is 0.382 e. The number of hydrogen-bond acceptors (Lipinski definition) is 5. The zero-order chi connectivity index (χ0) is 13.2. The lowest BCUT2D eigenvalue weighted by Gasteiger charge is -2.07. The highest BCUT2D eigenvalue weighted by atomic mass is 15.2. The van der Waals surface area contributed by atoms with Crippen LogP contribution < -0.4 is 5.73 Å². The van der Waals surface area contributed by atoms with Gasteiger partial charge in [0.15, 0.2) is 17.3 Å². The second kappa shape index (κ2) is 4.49. The van der Waals surface area contributed by atoms with Gasteiger partial charge in [0.1, 0.15) is 6.33 Å². The minimum atomic E-state index is 0.328. The van der Waals surface area contributed by atoms with Crippen molar-refractivity contribution in [1.82, 2.24) is 25.1 Å². The highest BCUT2D eigenvalue weighted by molar-refractivity contribution is 5.70. The first kappa shape index (κ1) is 11.3. The van der Waals surface area contributed by atoms with Gasteiger partial charge in [0, 0.05) is 5.56 Å². The van der Waals surface area contributed by atoms with Gasteiger partial charge in [-0.25, -0.2) is 9.97 Å². The van der Waals surface area contributed by atoms with Crippen LogP contribution in [-0.4, -0.2) is 25.1 Å². The highest BCUT2D eigenvalue weighted by Crippen LogP contribution is 2.25. The molecule has 0 fully saturated rings. The topological polar surface area (TPSA) is 93.4 Å². The third-order valence-corrected chi connectivity index (χ3v) is 2.86. The van der Waals surface area contributed by atoms with Crippen molar-refractivity contribution in [1.29, 1.82) is 0 Å². The molecule has 3 rings (SSSR count). The minimum Gasteiger partial charge on any atom is -0.382 e. The summed E-state index contributed by atoms with van der Waals surface area (Å²) in [5, 5.41) is 7.65. The minimum absolute atomic E-state index is 0.328. The molecule has 0 aliphatic carbocycles. The van der Waals surface area contributed by atoms with Crippen LogP contribution in [0.2, 0.25) is 0 Å². The van der Waals surface area contributed by atoms with Crippen LogP contribution in [-0.2, 0) is 0 Å². The maximum absolute atomic E-state index is 5.84. The number of benzene rings is 1. The highest BCUT2D eigenvalue weighted by Gasteiger charge is 2.12. The number of hydrogen-bond donors (Lipinski definition) is 2. The Morgan fingerprint density at radius 2 is 2.05 bits per heavy atom. The zero-order valence-corrected chi connectivity index (χ0v) is 10.3. The van der Waals surface area contributed by atoms with Gasteiger partial charge in [-0.05, 0) is 12.5 Å². The Hall–Kier alpha value is -2.76. The van der Waals surface area contributed by atoms with Crippen LogP contribution in [0.25, 0.3) is 22.8 Å². The van der Waals surface area contributed by atoms with Crippen molar-refractivity contribution in [2.45, 2.75) is 6.92 Å². The van der Waals surface area contributed by atoms with E-state index in [0.29, 0.717) is 17.3 Å². The van der Waals surface area contributed by atoms with Crippen LogP contribution in [0.5, 0.6) is 0 Å². The van der Waals surface area contributed by atoms with Gasteiger partial charge in [0.05, 0.1) is 11.9 Å². The SMILES string of the molecule is Cc1ccccc1-c1cnc(N)c(-c2nnc[nH]2)n1. The van der Waals surface area contributed by atoms with Gasteiger partial charge < -0.3 is 10.7 Å². The van der Waals surface area contributed by atoms with Crippen molar-refractivity contribution in [3.05, 3.63) is 42.4 Å². The van der Waals surface area contributed by atoms with Gasteiger partial charge in [-0.2, -0.15) is 0 Å². The lowest BCUT2D eigenvalue weighted by Crippen LogP contribution is -2.00. The van der Waals surface area contributed by atoms with Gasteiger partial charge >= 0.3 is 0 Å². The van der Waals surface area contributed by atoms with E-state index in [2.05, 4.69) is 25.1 Å². The van der Waals surface area contributed by atoms with Gasteiger partial charge in [-0.1, -0.05) is 24.3 Å². The maximum Gasteiger partial charge on any atom is 0.183 e. The summed E-state index contributed by atoms with van der Waals surface area (Å²) < 4.78 is 0. The molecule has 1 aromatic carbocycles. The van der Waals surface area contributed by atoms with E-state index in [1.165, 1.54) is 6.33 Å². The summed E-state index contributed by atoms with van der Waals surface area (Å²) in [6.45, 7) is 2.03. The second-order valence-corrected chi connectivity index (χ2v) is 4.14. The van der Waals surface area contributed by atoms with Gasteiger partial charge in [-0.15, -0.1) is 10.2 Å². The fourth-order valence-corrected chi connectivity index (χ4v) is 1.88. The molecule has 6 nitrogen and oxygen atoms in total. The third kappa shape index (κ3) is 2.03. The Kier molecular flexibility index (Phi) is 2.68. The first-order valence-electron chi connectivity index (χ1n) is 5.80. The molecule has 3 N–H and O–H groups in total. The molecule has 3 aromatic rings. The van der Waals surface area contributed by atoms with Crippen LogP contribution in [0.15, 0.2) is 36.8 Å². The molecule has 0 bridgehead atoms. The molecular weight excluding hydrogens is 240 g/mol. The molecule has 0 saturated carbocycles. The molecule has 94 valence electrons. The van der Waals surface area contributed by atoms with E-state index in [0.717, 1.165) is 16.8 Å². The molecule has 0 aliphatic rings. The molecule has 2 aromatic heterocycles. The van der Waals surface area contributed by atoms with Crippen molar-refractivity contribution in [2.24, 2.45) is 0 Å². The van der Waals surface area contributed by atoms with Crippen LogP contribution in [0.4, 0.5) is 5.82 Å². The lowest BCUT2D eigenvalue weighted by molar-refractivity contribution is 1.08. The van der Waals surface area contributed by atoms with Crippen molar-refractivity contribution < 1.29 is 0 Å². The van der Waals surface area contributed by atoms with E-state index in [1.54, 1.807) is 6.20 Å². The average Bonchev–Trinajstić information content (AvgIpc) is 2.94. The number of H-pyrrole nitrogens is 1. The van der Waals surface area contributed by atoms with Crippen LogP contribution in [0.1, 0.15) is 5.56 Å². The molecule has 0 unspecified atom stereocenters. The summed E-state index contributed by atoms with van der Waals surface area (Å²) >= 11 is 0. The number of aromatic amines is 1. The summed E-state index contributed by atoms with van der Waals surface area (Å²) in [6.07, 6.45) is 3.15. The number of nitrogens with one attached hydrogen (secondary N) is 1. The van der Waals surface area contributed by atoms with Crippen LogP contribution in [0, 0.1) is 6.92 Å². The first-order valence-corrected chi connectivity index (χ1v) is 5.80. The standard InChI is InChI=1S/C13H12N6/c1-8-4-2-3-5-9(8)10-6-15-12(14)11(18-10)13-16-7-17-19-13/h2-7H,1H3,(H2,14,15)(H,16,17,19). The Bertz CT molecular complexity index is 705. The lowest BCUT2D eigenvalue weighted by atomic mass is 10.1. The first-order chi connectivity index (χ1) is 9.25. The Morgan fingerprint density at radius 3 is 2.79 bits per heavy atom. The summed E-state index contributed by atoms with van der Waals surface area (Å²) in [7, 11) is 0. The van der Waals surface area contributed by atoms with E-state index in [1.807, 2.05) is 31.2 Å². The molecule has 0 amide bonds. The molecule has 0 spiro atoms. The summed E-state index contributed by atoms with van der Waals surface area (Å²) in [6, 6.07) is 7.98. The number of rotatable bonds is 2. The van der Waals surface area contributed by atoms with Gasteiger partial charge in [-0.3, -0.25) is 0 Å². The van der Waals surface area contributed by atoms with Crippen molar-refractivity contribution in [2.75, 3.05) is 5.73 Å². The quantitative estimate of drug-likeness (QED) is 0.725. The molecule has 19 heavy (non-hydrogen) atoms. The predicted octanol–water partition coefficient (Wildman–Crippen LogP) is 1.82. The number of nitrogens with two attached hydrogens (primary N) is 1. The average molecular weight is 252 g/mol. The van der Waals surface area contributed by atoms with Crippen molar-refractivity contribution in [3.8, 4) is 22.8 Å². The van der Waals surface area contributed by atoms with Crippen LogP contribution >= 0.6 is 0 Å². The molecule has 0 saturated heterocycles. The fourth-order valence-electron chi connectivity index (χ4n) is 1.88. The molecule has 0 radical (unpaired) electrons. The summed E-state index contributed by atoms with van der Waals surface area (Å²) in [5.74, 6) is 0.842. The monoisotopic (exact) mass is 252 g/mol. The van der Waals surface area contributed by atoms with Gasteiger partial charge in [0.2, 0.25) is 0 Å². The van der Waals surface area contributed by atoms with Crippen LogP contribution in [0.3, 0.4) is 0 Å². The van der Waals surface area contributed by atoms with E-state index < -0.39 is 0 Å². The van der Waals surface area contributed by atoms with E-state index in [9.17, 15) is 0 Å². The molecule has 0 aliphatic heterocycles. The second-order valence-electron chi connectivity index (χ2n) is 4.14.